The number of piperidine rings is 1. The number of nitrogens with zero attached hydrogens (tertiary/aromatic N) is 4. The first-order chi connectivity index (χ1) is 29.0. The molecular formula is C47H51F2N7O5. The van der Waals surface area contributed by atoms with Crippen LogP contribution in [0, 0.1) is 17.3 Å². The Morgan fingerprint density at radius 2 is 1.61 bits per heavy atom. The number of likely N-dealkylation sites (tertiary alicyclic amines) is 2. The minimum absolute atomic E-state index is 0.0215. The van der Waals surface area contributed by atoms with Crippen molar-refractivity contribution in [2.45, 2.75) is 109 Å². The maximum atomic E-state index is 16.6. The molecule has 5 aliphatic rings. The number of carbonyl (C=O) groups excluding carboxylic acids is 3. The summed E-state index contributed by atoms with van der Waals surface area (Å²) in [5.41, 5.74) is 4.32. The lowest BCUT2D eigenvalue weighted by molar-refractivity contribution is -0.135. The van der Waals surface area contributed by atoms with Crippen molar-refractivity contribution in [3.05, 3.63) is 83.6 Å². The predicted molar refractivity (Wildman–Crippen MR) is 224 cm³/mol. The number of imidazole rings is 2. The lowest BCUT2D eigenvalue weighted by Gasteiger charge is -2.35. The second-order valence-corrected chi connectivity index (χ2v) is 19.2. The zero-order valence-corrected chi connectivity index (χ0v) is 35.3. The molecule has 2 bridgehead atoms. The molecule has 0 unspecified atom stereocenters. The zero-order valence-electron chi connectivity index (χ0n) is 35.3. The van der Waals surface area contributed by atoms with Crippen molar-refractivity contribution in [2.24, 2.45) is 17.3 Å². The van der Waals surface area contributed by atoms with E-state index in [-0.39, 0.29) is 58.5 Å². The minimum atomic E-state index is -3.26. The van der Waals surface area contributed by atoms with Gasteiger partial charge in [0.2, 0.25) is 5.91 Å². The summed E-state index contributed by atoms with van der Waals surface area (Å²) in [4.78, 5) is 59.6. The number of halogens is 2. The second kappa shape index (κ2) is 13.9. The molecule has 318 valence electrons. The number of hydrogen-bond donors (Lipinski definition) is 3. The molecular weight excluding hydrogens is 781 g/mol. The second-order valence-electron chi connectivity index (χ2n) is 19.2. The molecule has 2 saturated carbocycles. The molecule has 4 fully saturated rings. The first kappa shape index (κ1) is 39.4. The highest BCUT2D eigenvalue weighted by molar-refractivity contribution is 5.88. The van der Waals surface area contributed by atoms with E-state index in [2.05, 4.69) is 15.3 Å². The van der Waals surface area contributed by atoms with Crippen LogP contribution in [0.15, 0.2) is 60.8 Å². The SMILES string of the molecule is COC(=O)N[C@H](C(=O)N1CC2(CC2)C[C@H]1c1ncc(-c2ccc3c(c2)C(F)(F)c2cc(-c4ccc5nc([C@@H]6[C@H]7CC[C@H](C7)N6C(=O)OC(C)(C)C)[nH]c5c4)ccc2-3)[nH]1)C(C)C. The smallest absolute Gasteiger partial charge is 0.411 e. The molecule has 4 heterocycles. The van der Waals surface area contributed by atoms with E-state index in [1.54, 1.807) is 24.4 Å². The molecule has 2 saturated heterocycles. The number of alkyl carbamates (subject to hydrolysis) is 1. The highest BCUT2D eigenvalue weighted by Gasteiger charge is 2.55. The van der Waals surface area contributed by atoms with Crippen LogP contribution in [0.4, 0.5) is 18.4 Å². The van der Waals surface area contributed by atoms with Gasteiger partial charge in [-0.2, -0.15) is 8.78 Å². The van der Waals surface area contributed by atoms with Gasteiger partial charge in [0.25, 0.3) is 5.92 Å². The number of fused-ring (bicyclic) bond motifs is 6. The molecule has 3 N–H and O–H groups in total. The van der Waals surface area contributed by atoms with E-state index in [9.17, 15) is 14.4 Å². The van der Waals surface area contributed by atoms with Crippen LogP contribution >= 0.6 is 0 Å². The van der Waals surface area contributed by atoms with Crippen LogP contribution in [0.3, 0.4) is 0 Å². The summed E-state index contributed by atoms with van der Waals surface area (Å²) >= 11 is 0. The lowest BCUT2D eigenvalue weighted by atomic mass is 9.98. The standard InChI is InChI=1S/C47H51F2N7O5/c1-24(2)38(54-43(58)60-6)42(57)55-23-46(15-16-46)21-37(55)40-50-22-36(53-40)27-9-13-31-30-12-8-25(18-32(30)47(48,49)33(31)19-27)26-10-14-34-35(20-26)52-41(51-34)39-28-7-11-29(17-28)56(39)44(59)61-45(3,4)5/h8-10,12-14,18-20,22,24,28-29,37-39H,7,11,15-17,21,23H2,1-6H3,(H,50,53)(H,51,52)(H,54,58)/t28-,29+,37-,38-,39-/m0/s1. The van der Waals surface area contributed by atoms with Crippen LogP contribution in [0.2, 0.25) is 0 Å². The zero-order chi connectivity index (χ0) is 42.7. The van der Waals surface area contributed by atoms with E-state index in [1.165, 1.54) is 13.2 Å². The van der Waals surface area contributed by atoms with Crippen LogP contribution in [-0.2, 0) is 20.2 Å². The fourth-order valence-corrected chi connectivity index (χ4v) is 10.4. The number of H-pyrrole nitrogens is 2. The average Bonchev–Trinajstić information content (AvgIpc) is 3.87. The van der Waals surface area contributed by atoms with E-state index in [0.29, 0.717) is 40.3 Å². The molecule has 2 aliphatic heterocycles. The molecule has 5 atom stereocenters. The Labute approximate surface area is 352 Å². The van der Waals surface area contributed by atoms with Crippen LogP contribution in [0.1, 0.15) is 108 Å². The first-order valence-electron chi connectivity index (χ1n) is 21.4. The molecule has 3 aromatic carbocycles. The topological polar surface area (TPSA) is 146 Å². The van der Waals surface area contributed by atoms with E-state index >= 15 is 8.78 Å². The molecule has 2 aromatic heterocycles. The van der Waals surface area contributed by atoms with Crippen LogP contribution in [0.25, 0.3) is 44.5 Å². The predicted octanol–water partition coefficient (Wildman–Crippen LogP) is 9.64. The Hall–Kier alpha value is -5.79. The van der Waals surface area contributed by atoms with Gasteiger partial charge >= 0.3 is 12.2 Å². The average molecular weight is 832 g/mol. The third-order valence-corrected chi connectivity index (χ3v) is 13.7. The third-order valence-electron chi connectivity index (χ3n) is 13.7. The van der Waals surface area contributed by atoms with Gasteiger partial charge in [0, 0.05) is 29.3 Å². The van der Waals surface area contributed by atoms with Crippen molar-refractivity contribution in [2.75, 3.05) is 13.7 Å². The van der Waals surface area contributed by atoms with Crippen molar-refractivity contribution < 1.29 is 32.6 Å². The van der Waals surface area contributed by atoms with Gasteiger partial charge < -0.3 is 29.7 Å². The summed E-state index contributed by atoms with van der Waals surface area (Å²) in [6, 6.07) is 14.9. The monoisotopic (exact) mass is 831 g/mol. The number of rotatable bonds is 7. The van der Waals surface area contributed by atoms with Crippen LogP contribution in [0.5, 0.6) is 0 Å². The van der Waals surface area contributed by atoms with E-state index < -0.39 is 23.7 Å². The summed E-state index contributed by atoms with van der Waals surface area (Å²) in [7, 11) is 1.27. The molecule has 61 heavy (non-hydrogen) atoms. The lowest BCUT2D eigenvalue weighted by Crippen LogP contribution is -2.51. The molecule has 12 nitrogen and oxygen atoms in total. The Morgan fingerprint density at radius 1 is 0.918 bits per heavy atom. The summed E-state index contributed by atoms with van der Waals surface area (Å²) in [6.07, 6.45) is 6.30. The number of nitrogens with one attached hydrogen (secondary N) is 3. The van der Waals surface area contributed by atoms with Crippen LogP contribution < -0.4 is 5.32 Å². The maximum absolute atomic E-state index is 16.6. The molecule has 5 aromatic rings. The number of carbonyl (C=O) groups is 3. The highest BCUT2D eigenvalue weighted by atomic mass is 19.3. The van der Waals surface area contributed by atoms with Gasteiger partial charge in [-0.15, -0.1) is 0 Å². The van der Waals surface area contributed by atoms with Crippen molar-refractivity contribution >= 4 is 29.1 Å². The third kappa shape index (κ3) is 6.64. The molecule has 3 amide bonds. The summed E-state index contributed by atoms with van der Waals surface area (Å²) in [6.45, 7) is 9.93. The summed E-state index contributed by atoms with van der Waals surface area (Å²) < 4.78 is 43.8. The van der Waals surface area contributed by atoms with Crippen LogP contribution in [-0.4, -0.2) is 79.2 Å². The quantitative estimate of drug-likeness (QED) is 0.148. The Bertz CT molecular complexity index is 2610. The number of aromatic nitrogens is 4. The summed E-state index contributed by atoms with van der Waals surface area (Å²) in [5.74, 6) is -2.03. The fraction of sp³-hybridized carbons (Fsp3) is 0.468. The van der Waals surface area contributed by atoms with Crippen molar-refractivity contribution in [1.29, 1.82) is 0 Å². The van der Waals surface area contributed by atoms with Crippen molar-refractivity contribution in [1.82, 2.24) is 35.1 Å². The number of alkyl halides is 2. The van der Waals surface area contributed by atoms with Gasteiger partial charge in [0.1, 0.15) is 23.3 Å². The van der Waals surface area contributed by atoms with Gasteiger partial charge in [-0.3, -0.25) is 9.69 Å². The van der Waals surface area contributed by atoms with Gasteiger partial charge in [-0.1, -0.05) is 44.2 Å². The fourth-order valence-electron chi connectivity index (χ4n) is 10.4. The molecule has 10 rings (SSSR count). The van der Waals surface area contributed by atoms with E-state index in [0.717, 1.165) is 60.9 Å². The Morgan fingerprint density at radius 3 is 2.30 bits per heavy atom. The first-order valence-corrected chi connectivity index (χ1v) is 21.4. The largest absolute Gasteiger partial charge is 0.453 e. The Balaban J connectivity index is 0.901. The molecule has 3 aliphatic carbocycles. The number of aromatic amines is 2. The minimum Gasteiger partial charge on any atom is -0.453 e. The number of amides is 3. The molecule has 0 radical (unpaired) electrons. The number of ether oxygens (including phenoxy) is 2. The van der Waals surface area contributed by atoms with E-state index in [1.807, 2.05) is 74.8 Å². The molecule has 1 spiro atoms. The highest BCUT2D eigenvalue weighted by Crippen LogP contribution is 2.59. The van der Waals surface area contributed by atoms with Gasteiger partial charge in [-0.05, 0) is 123 Å². The number of methoxy groups -OCH3 is 1. The molecule has 14 heteroatoms. The summed E-state index contributed by atoms with van der Waals surface area (Å²) in [5, 5.41) is 2.70. The van der Waals surface area contributed by atoms with Crippen molar-refractivity contribution in [3.8, 4) is 33.5 Å². The Kier molecular flexibility index (Phi) is 8.95. The van der Waals surface area contributed by atoms with Gasteiger partial charge in [0.15, 0.2) is 0 Å². The van der Waals surface area contributed by atoms with Crippen molar-refractivity contribution in [3.63, 3.8) is 0 Å². The normalized spacial score (nSPS) is 23.4. The van der Waals surface area contributed by atoms with E-state index in [4.69, 9.17) is 19.4 Å². The van der Waals surface area contributed by atoms with Gasteiger partial charge in [0.05, 0.1) is 42.1 Å². The maximum Gasteiger partial charge on any atom is 0.411 e. The number of benzene rings is 3. The van der Waals surface area contributed by atoms with Gasteiger partial charge in [-0.25, -0.2) is 19.6 Å². The number of hydrogen-bond acceptors (Lipinski definition) is 7.